The average Bonchev–Trinajstić information content (AvgIpc) is 3.01. The average molecular weight is 282 g/mol. The van der Waals surface area contributed by atoms with Crippen molar-refractivity contribution in [2.24, 2.45) is 5.10 Å². The van der Waals surface area contributed by atoms with Crippen LogP contribution in [0, 0.1) is 0 Å². The van der Waals surface area contributed by atoms with Gasteiger partial charge in [-0.15, -0.1) is 5.53 Å². The second-order valence-corrected chi connectivity index (χ2v) is 5.99. The lowest BCUT2D eigenvalue weighted by atomic mass is 9.86. The maximum absolute atomic E-state index is 4.05. The molecule has 0 aromatic carbocycles. The van der Waals surface area contributed by atoms with Crippen LogP contribution in [0.5, 0.6) is 0 Å². The van der Waals surface area contributed by atoms with E-state index in [9.17, 15) is 0 Å². The van der Waals surface area contributed by atoms with E-state index in [1.165, 1.54) is 57.8 Å². The predicted molar refractivity (Wildman–Crippen MR) is 87.1 cm³/mol. The van der Waals surface area contributed by atoms with Gasteiger partial charge in [-0.1, -0.05) is 72.1 Å². The van der Waals surface area contributed by atoms with Crippen molar-refractivity contribution in [1.29, 1.82) is 0 Å². The van der Waals surface area contributed by atoms with Crippen LogP contribution in [0.2, 0.25) is 0 Å². The van der Waals surface area contributed by atoms with Crippen LogP contribution in [0.15, 0.2) is 5.10 Å². The van der Waals surface area contributed by atoms with Crippen LogP contribution in [0.3, 0.4) is 0 Å². The summed E-state index contributed by atoms with van der Waals surface area (Å²) in [4.78, 5) is 0. The quantitative estimate of drug-likeness (QED) is 0.523. The van der Waals surface area contributed by atoms with Crippen LogP contribution in [0.1, 0.15) is 91.4 Å². The van der Waals surface area contributed by atoms with Crippen molar-refractivity contribution in [3.05, 3.63) is 0 Å². The van der Waals surface area contributed by atoms with Gasteiger partial charge in [-0.25, -0.2) is 5.53 Å². The Morgan fingerprint density at radius 1 is 0.900 bits per heavy atom. The molecule has 118 valence electrons. The summed E-state index contributed by atoms with van der Waals surface area (Å²) in [6, 6.07) is 0. The first-order chi connectivity index (χ1) is 9.79. The molecule has 0 atom stereocenters. The van der Waals surface area contributed by atoms with Gasteiger partial charge in [-0.3, -0.25) is 5.01 Å². The molecule has 0 bridgehead atoms. The number of hydrogen-bond donors (Lipinski definition) is 2. The van der Waals surface area contributed by atoms with Crippen molar-refractivity contribution in [1.82, 2.24) is 16.1 Å². The topological polar surface area (TPSA) is 39.7 Å². The zero-order chi connectivity index (χ0) is 14.7. The highest BCUT2D eigenvalue weighted by atomic mass is 15.8. The van der Waals surface area contributed by atoms with E-state index in [1.807, 2.05) is 6.34 Å². The lowest BCUT2D eigenvalue weighted by Gasteiger charge is -2.39. The molecule has 20 heavy (non-hydrogen) atoms. The molecule has 4 heteroatoms. The van der Waals surface area contributed by atoms with Crippen LogP contribution in [0.25, 0.3) is 0 Å². The smallest absolute Gasteiger partial charge is 0.129 e. The Morgan fingerprint density at radius 3 is 2.00 bits per heavy atom. The Kier molecular flexibility index (Phi) is 8.67. The van der Waals surface area contributed by atoms with Crippen molar-refractivity contribution < 1.29 is 0 Å². The summed E-state index contributed by atoms with van der Waals surface area (Å²) in [5.74, 6) is 0. The summed E-state index contributed by atoms with van der Waals surface area (Å²) in [6.45, 7) is 6.84. The predicted octanol–water partition coefficient (Wildman–Crippen LogP) is 4.34. The molecule has 1 aliphatic heterocycles. The van der Waals surface area contributed by atoms with E-state index >= 15 is 0 Å². The van der Waals surface area contributed by atoms with Gasteiger partial charge < -0.3 is 0 Å². The third-order valence-corrected chi connectivity index (χ3v) is 4.73. The minimum atomic E-state index is 0.217. The summed E-state index contributed by atoms with van der Waals surface area (Å²) in [5.41, 5.74) is 6.18. The van der Waals surface area contributed by atoms with E-state index in [0.717, 1.165) is 12.8 Å². The molecular weight excluding hydrogens is 248 g/mol. The van der Waals surface area contributed by atoms with E-state index in [0.29, 0.717) is 0 Å². The minimum Gasteiger partial charge on any atom is -0.271 e. The van der Waals surface area contributed by atoms with Crippen molar-refractivity contribution in [2.45, 2.75) is 96.9 Å². The maximum Gasteiger partial charge on any atom is 0.129 e. The van der Waals surface area contributed by atoms with Gasteiger partial charge in [0.05, 0.1) is 5.54 Å². The Balaban J connectivity index is 2.18. The fraction of sp³-hybridized carbons (Fsp3) is 0.938. The van der Waals surface area contributed by atoms with Gasteiger partial charge in [0, 0.05) is 0 Å². The molecular formula is C16H34N4. The summed E-state index contributed by atoms with van der Waals surface area (Å²) in [6.07, 6.45) is 16.5. The zero-order valence-electron chi connectivity index (χ0n) is 13.7. The van der Waals surface area contributed by atoms with Gasteiger partial charge in [-0.05, 0) is 19.3 Å². The monoisotopic (exact) mass is 282 g/mol. The second-order valence-electron chi connectivity index (χ2n) is 5.99. The van der Waals surface area contributed by atoms with E-state index < -0.39 is 0 Å². The van der Waals surface area contributed by atoms with Gasteiger partial charge >= 0.3 is 0 Å². The highest BCUT2D eigenvalue weighted by Gasteiger charge is 2.33. The third kappa shape index (κ3) is 5.31. The third-order valence-electron chi connectivity index (χ3n) is 4.73. The molecule has 1 rings (SSSR count). The number of nitrogens with zero attached hydrogens (tertiary/aromatic N) is 2. The van der Waals surface area contributed by atoms with Crippen LogP contribution < -0.4 is 11.1 Å². The summed E-state index contributed by atoms with van der Waals surface area (Å²) >= 11 is 0. The lowest BCUT2D eigenvalue weighted by Crippen LogP contribution is -2.53. The van der Waals surface area contributed by atoms with Crippen molar-refractivity contribution in [3.63, 3.8) is 0 Å². The molecule has 0 saturated carbocycles. The SMILES string of the molecule is CCCCCCCCCCC(CC)(CC)N1C=NNN1. The number of hydrazone groups is 1. The first-order valence-corrected chi connectivity index (χ1v) is 8.62. The fourth-order valence-electron chi connectivity index (χ4n) is 3.09. The Labute approximate surface area is 125 Å². The standard InChI is InChI=1S/C16H34N4/c1-4-7-8-9-10-11-12-13-14-16(5-2,6-3)20-15-17-18-19-20/h15,18-19H,4-14H2,1-3H3. The van der Waals surface area contributed by atoms with E-state index in [2.05, 4.69) is 42.0 Å². The number of rotatable bonds is 12. The molecule has 0 aliphatic carbocycles. The molecule has 0 saturated heterocycles. The Bertz CT molecular complexity index is 261. The zero-order valence-corrected chi connectivity index (χ0v) is 13.7. The number of hydrogen-bond acceptors (Lipinski definition) is 4. The molecule has 0 aromatic rings. The van der Waals surface area contributed by atoms with Crippen molar-refractivity contribution >= 4 is 6.34 Å². The van der Waals surface area contributed by atoms with E-state index in [1.54, 1.807) is 0 Å². The molecule has 1 aliphatic rings. The van der Waals surface area contributed by atoms with Crippen LogP contribution >= 0.6 is 0 Å². The van der Waals surface area contributed by atoms with E-state index in [4.69, 9.17) is 0 Å². The number of hydrazine groups is 2. The summed E-state index contributed by atoms with van der Waals surface area (Å²) in [7, 11) is 0. The first-order valence-electron chi connectivity index (χ1n) is 8.62. The molecule has 0 radical (unpaired) electrons. The molecule has 4 nitrogen and oxygen atoms in total. The molecule has 0 fully saturated rings. The van der Waals surface area contributed by atoms with Gasteiger partial charge in [-0.2, -0.15) is 5.10 Å². The minimum absolute atomic E-state index is 0.217. The van der Waals surface area contributed by atoms with Crippen molar-refractivity contribution in [2.75, 3.05) is 0 Å². The van der Waals surface area contributed by atoms with Gasteiger partial charge in [0.15, 0.2) is 0 Å². The first kappa shape index (κ1) is 17.3. The fourth-order valence-corrected chi connectivity index (χ4v) is 3.09. The van der Waals surface area contributed by atoms with Crippen LogP contribution in [-0.2, 0) is 0 Å². The Morgan fingerprint density at radius 2 is 1.50 bits per heavy atom. The van der Waals surface area contributed by atoms with Crippen molar-refractivity contribution in [3.8, 4) is 0 Å². The molecule has 0 spiro atoms. The van der Waals surface area contributed by atoms with Gasteiger partial charge in [0.25, 0.3) is 0 Å². The largest absolute Gasteiger partial charge is 0.271 e. The maximum atomic E-state index is 4.05. The van der Waals surface area contributed by atoms with Crippen LogP contribution in [-0.4, -0.2) is 16.9 Å². The normalized spacial score (nSPS) is 14.8. The molecule has 1 heterocycles. The highest BCUT2D eigenvalue weighted by molar-refractivity contribution is 5.56. The summed E-state index contributed by atoms with van der Waals surface area (Å²) < 4.78 is 0. The number of nitrogens with one attached hydrogen (secondary N) is 2. The molecule has 0 amide bonds. The molecule has 0 aromatic heterocycles. The lowest BCUT2D eigenvalue weighted by molar-refractivity contribution is 0.0928. The molecule has 0 unspecified atom stereocenters. The second kappa shape index (κ2) is 10.0. The van der Waals surface area contributed by atoms with Gasteiger partial charge in [0.1, 0.15) is 6.34 Å². The molecule has 2 N–H and O–H groups in total. The Hall–Kier alpha value is -0.770. The van der Waals surface area contributed by atoms with Gasteiger partial charge in [0.2, 0.25) is 0 Å². The summed E-state index contributed by atoms with van der Waals surface area (Å²) in [5, 5.41) is 6.21. The number of unbranched alkanes of at least 4 members (excludes halogenated alkanes) is 7. The highest BCUT2D eigenvalue weighted by Crippen LogP contribution is 2.28. The van der Waals surface area contributed by atoms with E-state index in [-0.39, 0.29) is 5.54 Å². The van der Waals surface area contributed by atoms with Crippen LogP contribution in [0.4, 0.5) is 0 Å².